The van der Waals surface area contributed by atoms with Crippen LogP contribution in [0.2, 0.25) is 0 Å². The Morgan fingerprint density at radius 2 is 1.17 bits per heavy atom. The van der Waals surface area contributed by atoms with Gasteiger partial charge in [-0.05, 0) is 6.42 Å². The van der Waals surface area contributed by atoms with E-state index in [1.54, 1.807) is 0 Å². The Balaban J connectivity index is 2.62. The summed E-state index contributed by atoms with van der Waals surface area (Å²) in [5.41, 5.74) is 0. The van der Waals surface area contributed by atoms with Gasteiger partial charge in [-0.3, -0.25) is 0 Å². The fourth-order valence-corrected chi connectivity index (χ4v) is 1.60. The molecule has 1 unspecified atom stereocenters. The maximum Gasteiger partial charge on any atom is 0.109 e. The maximum atomic E-state index is 9.25. The van der Waals surface area contributed by atoms with Crippen LogP contribution in [-0.2, 0) is 0 Å². The van der Waals surface area contributed by atoms with Crippen LogP contribution in [0, 0.1) is 5.92 Å². The molecule has 0 aromatic carbocycles. The standard InChI is InChI=1S/C7H14O5/c8-2-1-3-4(9)6(11)7(12)5(3)10/h3-12H,1-2H2/t3?,4-,5+,6+,7-. The van der Waals surface area contributed by atoms with Gasteiger partial charge in [0.05, 0.1) is 12.2 Å². The molecule has 1 aliphatic carbocycles. The summed E-state index contributed by atoms with van der Waals surface area (Å²) in [4.78, 5) is 0. The maximum absolute atomic E-state index is 9.25. The summed E-state index contributed by atoms with van der Waals surface area (Å²) in [5, 5.41) is 45.2. The SMILES string of the molecule is OCCC1[C@@H](O)[C@H](O)[C@H](O)[C@H]1O. The van der Waals surface area contributed by atoms with Gasteiger partial charge in [-0.2, -0.15) is 0 Å². The van der Waals surface area contributed by atoms with Crippen molar-refractivity contribution < 1.29 is 25.5 Å². The van der Waals surface area contributed by atoms with E-state index in [-0.39, 0.29) is 13.0 Å². The van der Waals surface area contributed by atoms with E-state index in [4.69, 9.17) is 15.3 Å². The second-order valence-electron chi connectivity index (χ2n) is 3.14. The molecular weight excluding hydrogens is 164 g/mol. The molecule has 1 rings (SSSR count). The van der Waals surface area contributed by atoms with Gasteiger partial charge in [-0.25, -0.2) is 0 Å². The molecule has 0 heterocycles. The van der Waals surface area contributed by atoms with Crippen LogP contribution in [-0.4, -0.2) is 56.6 Å². The first-order valence-electron chi connectivity index (χ1n) is 3.92. The van der Waals surface area contributed by atoms with E-state index in [1.807, 2.05) is 0 Å². The molecule has 1 aliphatic rings. The van der Waals surface area contributed by atoms with Gasteiger partial charge in [0, 0.05) is 12.5 Å². The van der Waals surface area contributed by atoms with E-state index in [0.29, 0.717) is 0 Å². The molecule has 5 atom stereocenters. The minimum absolute atomic E-state index is 0.177. The van der Waals surface area contributed by atoms with Gasteiger partial charge in [-0.1, -0.05) is 0 Å². The molecule has 0 saturated heterocycles. The lowest BCUT2D eigenvalue weighted by molar-refractivity contribution is -0.0413. The summed E-state index contributed by atoms with van der Waals surface area (Å²) in [6, 6.07) is 0. The monoisotopic (exact) mass is 178 g/mol. The van der Waals surface area contributed by atoms with Crippen molar-refractivity contribution in [3.63, 3.8) is 0 Å². The van der Waals surface area contributed by atoms with E-state index in [0.717, 1.165) is 0 Å². The van der Waals surface area contributed by atoms with E-state index >= 15 is 0 Å². The lowest BCUT2D eigenvalue weighted by Crippen LogP contribution is -2.32. The van der Waals surface area contributed by atoms with Gasteiger partial charge in [0.15, 0.2) is 0 Å². The highest BCUT2D eigenvalue weighted by atomic mass is 16.4. The van der Waals surface area contributed by atoms with E-state index in [9.17, 15) is 10.2 Å². The second-order valence-corrected chi connectivity index (χ2v) is 3.14. The third-order valence-corrected chi connectivity index (χ3v) is 2.39. The van der Waals surface area contributed by atoms with Crippen LogP contribution < -0.4 is 0 Å². The first kappa shape index (κ1) is 9.88. The molecule has 0 amide bonds. The minimum Gasteiger partial charge on any atom is -0.396 e. The Hall–Kier alpha value is -0.200. The molecule has 0 spiro atoms. The molecule has 0 aliphatic heterocycles. The van der Waals surface area contributed by atoms with Crippen molar-refractivity contribution in [2.75, 3.05) is 6.61 Å². The van der Waals surface area contributed by atoms with E-state index < -0.39 is 30.3 Å². The van der Waals surface area contributed by atoms with Crippen molar-refractivity contribution in [1.29, 1.82) is 0 Å². The largest absolute Gasteiger partial charge is 0.396 e. The van der Waals surface area contributed by atoms with Gasteiger partial charge in [0.1, 0.15) is 12.2 Å². The van der Waals surface area contributed by atoms with Crippen LogP contribution in [0.15, 0.2) is 0 Å². The fraction of sp³-hybridized carbons (Fsp3) is 1.00. The minimum atomic E-state index is -1.31. The lowest BCUT2D eigenvalue weighted by atomic mass is 10.00. The lowest BCUT2D eigenvalue weighted by Gasteiger charge is -2.16. The Bertz CT molecular complexity index is 137. The third-order valence-electron chi connectivity index (χ3n) is 2.39. The number of hydrogen-bond donors (Lipinski definition) is 5. The van der Waals surface area contributed by atoms with Crippen molar-refractivity contribution in [1.82, 2.24) is 0 Å². The van der Waals surface area contributed by atoms with Crippen molar-refractivity contribution in [2.24, 2.45) is 5.92 Å². The van der Waals surface area contributed by atoms with E-state index in [1.165, 1.54) is 0 Å². The van der Waals surface area contributed by atoms with Gasteiger partial charge in [0.2, 0.25) is 0 Å². The van der Waals surface area contributed by atoms with Crippen LogP contribution >= 0.6 is 0 Å². The summed E-state index contributed by atoms with van der Waals surface area (Å²) >= 11 is 0. The van der Waals surface area contributed by atoms with Crippen molar-refractivity contribution in [3.8, 4) is 0 Å². The van der Waals surface area contributed by atoms with Crippen LogP contribution in [0.3, 0.4) is 0 Å². The second kappa shape index (κ2) is 3.68. The van der Waals surface area contributed by atoms with Crippen molar-refractivity contribution >= 4 is 0 Å². The van der Waals surface area contributed by atoms with Gasteiger partial charge in [0.25, 0.3) is 0 Å². The Morgan fingerprint density at radius 3 is 1.50 bits per heavy atom. The van der Waals surface area contributed by atoms with Gasteiger partial charge in [-0.15, -0.1) is 0 Å². The Labute approximate surface area is 69.9 Å². The van der Waals surface area contributed by atoms with Gasteiger partial charge < -0.3 is 25.5 Å². The van der Waals surface area contributed by atoms with Crippen LogP contribution in [0.4, 0.5) is 0 Å². The molecule has 5 heteroatoms. The van der Waals surface area contributed by atoms with Crippen LogP contribution in [0.25, 0.3) is 0 Å². The van der Waals surface area contributed by atoms with E-state index in [2.05, 4.69) is 0 Å². The molecule has 0 bridgehead atoms. The van der Waals surface area contributed by atoms with Crippen molar-refractivity contribution in [3.05, 3.63) is 0 Å². The highest BCUT2D eigenvalue weighted by Gasteiger charge is 2.47. The molecule has 1 saturated carbocycles. The fourth-order valence-electron chi connectivity index (χ4n) is 1.60. The molecule has 1 fully saturated rings. The zero-order valence-electron chi connectivity index (χ0n) is 6.54. The zero-order chi connectivity index (χ0) is 9.30. The Kier molecular flexibility index (Phi) is 3.03. The first-order valence-corrected chi connectivity index (χ1v) is 3.92. The molecule has 5 nitrogen and oxygen atoms in total. The zero-order valence-corrected chi connectivity index (χ0v) is 6.54. The number of aliphatic hydroxyl groups is 5. The highest BCUT2D eigenvalue weighted by Crippen LogP contribution is 2.29. The molecule has 0 radical (unpaired) electrons. The molecule has 0 aromatic heterocycles. The summed E-state index contributed by atoms with van der Waals surface area (Å²) in [6.45, 7) is -0.182. The van der Waals surface area contributed by atoms with Gasteiger partial charge >= 0.3 is 0 Å². The smallest absolute Gasteiger partial charge is 0.109 e. The molecule has 12 heavy (non-hydrogen) atoms. The molecular formula is C7H14O5. The predicted molar refractivity (Wildman–Crippen MR) is 39.2 cm³/mol. The molecule has 5 N–H and O–H groups in total. The predicted octanol–water partition coefficient (Wildman–Crippen LogP) is -2.56. The number of hydrogen-bond acceptors (Lipinski definition) is 5. The number of rotatable bonds is 2. The average Bonchev–Trinajstić information content (AvgIpc) is 2.23. The number of aliphatic hydroxyl groups excluding tert-OH is 5. The summed E-state index contributed by atoms with van der Waals surface area (Å²) < 4.78 is 0. The first-order chi connectivity index (χ1) is 5.59. The highest BCUT2D eigenvalue weighted by molar-refractivity contribution is 4.97. The molecule has 72 valence electrons. The Morgan fingerprint density at radius 1 is 0.750 bits per heavy atom. The average molecular weight is 178 g/mol. The molecule has 0 aromatic rings. The van der Waals surface area contributed by atoms with Crippen molar-refractivity contribution in [2.45, 2.75) is 30.8 Å². The van der Waals surface area contributed by atoms with Crippen LogP contribution in [0.5, 0.6) is 0 Å². The normalized spacial score (nSPS) is 48.2. The van der Waals surface area contributed by atoms with Crippen LogP contribution in [0.1, 0.15) is 6.42 Å². The topological polar surface area (TPSA) is 101 Å². The summed E-state index contributed by atoms with van der Waals surface area (Å²) in [5.74, 6) is -0.639. The third kappa shape index (κ3) is 1.46. The summed E-state index contributed by atoms with van der Waals surface area (Å²) in [6.07, 6.45) is -4.74. The quantitative estimate of drug-likeness (QED) is 0.320. The summed E-state index contributed by atoms with van der Waals surface area (Å²) in [7, 11) is 0.